The molecule has 0 bridgehead atoms. The molecule has 14 heavy (non-hydrogen) atoms. The van der Waals surface area contributed by atoms with Crippen molar-refractivity contribution in [2.24, 2.45) is 11.8 Å². The first kappa shape index (κ1) is 10.4. The van der Waals surface area contributed by atoms with Crippen molar-refractivity contribution in [3.8, 4) is 0 Å². The fourth-order valence-electron chi connectivity index (χ4n) is 3.00. The van der Waals surface area contributed by atoms with Gasteiger partial charge in [0.05, 0.1) is 0 Å². The minimum Gasteiger partial charge on any atom is -0.316 e. The molecule has 0 spiro atoms. The van der Waals surface area contributed by atoms with E-state index < -0.39 is 0 Å². The molecule has 0 saturated carbocycles. The van der Waals surface area contributed by atoms with Crippen LogP contribution in [0.25, 0.3) is 0 Å². The molecule has 0 aromatic heterocycles. The number of hydrogen-bond acceptors (Lipinski definition) is 2. The standard InChI is InChI=1S/C12H24N2/c1-10-6-12(8-13-7-10)9-14-5-3-4-11(14)2/h10-13H,3-9H2,1-2H3. The van der Waals surface area contributed by atoms with Gasteiger partial charge in [0, 0.05) is 12.6 Å². The minimum absolute atomic E-state index is 0.840. The molecule has 3 atom stereocenters. The van der Waals surface area contributed by atoms with Crippen molar-refractivity contribution in [1.29, 1.82) is 0 Å². The van der Waals surface area contributed by atoms with Crippen molar-refractivity contribution in [1.82, 2.24) is 10.2 Å². The molecule has 2 heterocycles. The summed E-state index contributed by atoms with van der Waals surface area (Å²) in [5.74, 6) is 1.78. The second kappa shape index (κ2) is 4.63. The lowest BCUT2D eigenvalue weighted by Crippen LogP contribution is -2.42. The smallest absolute Gasteiger partial charge is 0.00675 e. The third-order valence-corrected chi connectivity index (χ3v) is 3.84. The lowest BCUT2D eigenvalue weighted by Gasteiger charge is -2.32. The number of hydrogen-bond donors (Lipinski definition) is 1. The zero-order chi connectivity index (χ0) is 9.97. The highest BCUT2D eigenvalue weighted by Crippen LogP contribution is 2.22. The molecule has 0 aromatic carbocycles. The molecule has 2 aliphatic rings. The van der Waals surface area contributed by atoms with Crippen LogP contribution in [-0.2, 0) is 0 Å². The van der Waals surface area contributed by atoms with Crippen LogP contribution in [0.5, 0.6) is 0 Å². The summed E-state index contributed by atoms with van der Waals surface area (Å²) in [4.78, 5) is 2.68. The Hall–Kier alpha value is -0.0800. The Morgan fingerprint density at radius 2 is 2.14 bits per heavy atom. The summed E-state index contributed by atoms with van der Waals surface area (Å²) in [5, 5.41) is 3.55. The van der Waals surface area contributed by atoms with Crippen LogP contribution < -0.4 is 5.32 Å². The summed E-state index contributed by atoms with van der Waals surface area (Å²) >= 11 is 0. The minimum atomic E-state index is 0.840. The summed E-state index contributed by atoms with van der Waals surface area (Å²) in [7, 11) is 0. The molecule has 0 aliphatic carbocycles. The van der Waals surface area contributed by atoms with Crippen LogP contribution >= 0.6 is 0 Å². The molecule has 0 aromatic rings. The lowest BCUT2D eigenvalue weighted by molar-refractivity contribution is 0.185. The molecule has 2 heteroatoms. The van der Waals surface area contributed by atoms with Gasteiger partial charge in [0.15, 0.2) is 0 Å². The van der Waals surface area contributed by atoms with E-state index in [0.717, 1.165) is 17.9 Å². The molecule has 2 rings (SSSR count). The van der Waals surface area contributed by atoms with Crippen molar-refractivity contribution in [2.45, 2.75) is 39.2 Å². The van der Waals surface area contributed by atoms with Crippen LogP contribution in [0.1, 0.15) is 33.1 Å². The molecule has 2 nitrogen and oxygen atoms in total. The molecule has 1 N–H and O–H groups in total. The Balaban J connectivity index is 1.78. The van der Waals surface area contributed by atoms with E-state index in [2.05, 4.69) is 24.1 Å². The predicted molar refractivity (Wildman–Crippen MR) is 60.4 cm³/mol. The zero-order valence-corrected chi connectivity index (χ0v) is 9.63. The van der Waals surface area contributed by atoms with Gasteiger partial charge in [-0.2, -0.15) is 0 Å². The van der Waals surface area contributed by atoms with Gasteiger partial charge >= 0.3 is 0 Å². The van der Waals surface area contributed by atoms with Crippen LogP contribution in [0, 0.1) is 11.8 Å². The van der Waals surface area contributed by atoms with E-state index in [0.29, 0.717) is 0 Å². The third kappa shape index (κ3) is 2.48. The Morgan fingerprint density at radius 3 is 2.79 bits per heavy atom. The van der Waals surface area contributed by atoms with E-state index in [4.69, 9.17) is 0 Å². The van der Waals surface area contributed by atoms with Gasteiger partial charge in [-0.3, -0.25) is 0 Å². The van der Waals surface area contributed by atoms with Gasteiger partial charge < -0.3 is 10.2 Å². The Kier molecular flexibility index (Phi) is 3.45. The first-order valence-electron chi connectivity index (χ1n) is 6.20. The molecule has 0 amide bonds. The second-order valence-corrected chi connectivity index (χ2v) is 5.35. The van der Waals surface area contributed by atoms with Gasteiger partial charge in [-0.15, -0.1) is 0 Å². The number of nitrogens with one attached hydrogen (secondary N) is 1. The highest BCUT2D eigenvalue weighted by molar-refractivity contribution is 4.81. The van der Waals surface area contributed by atoms with Crippen LogP contribution in [-0.4, -0.2) is 37.1 Å². The van der Waals surface area contributed by atoms with Crippen LogP contribution in [0.2, 0.25) is 0 Å². The molecule has 2 fully saturated rings. The van der Waals surface area contributed by atoms with Crippen molar-refractivity contribution in [3.63, 3.8) is 0 Å². The largest absolute Gasteiger partial charge is 0.316 e. The van der Waals surface area contributed by atoms with Crippen molar-refractivity contribution in [2.75, 3.05) is 26.2 Å². The number of piperidine rings is 1. The highest BCUT2D eigenvalue weighted by Gasteiger charge is 2.25. The van der Waals surface area contributed by atoms with Gasteiger partial charge in [0.1, 0.15) is 0 Å². The monoisotopic (exact) mass is 196 g/mol. The Bertz CT molecular complexity index is 181. The number of nitrogens with zero attached hydrogens (tertiary/aromatic N) is 1. The molecule has 2 aliphatic heterocycles. The third-order valence-electron chi connectivity index (χ3n) is 3.84. The highest BCUT2D eigenvalue weighted by atomic mass is 15.2. The van der Waals surface area contributed by atoms with Gasteiger partial charge in [0.2, 0.25) is 0 Å². The van der Waals surface area contributed by atoms with Crippen molar-refractivity contribution in [3.05, 3.63) is 0 Å². The van der Waals surface area contributed by atoms with E-state index in [-0.39, 0.29) is 0 Å². The van der Waals surface area contributed by atoms with Crippen molar-refractivity contribution < 1.29 is 0 Å². The topological polar surface area (TPSA) is 15.3 Å². The van der Waals surface area contributed by atoms with E-state index >= 15 is 0 Å². The Labute approximate surface area is 88.1 Å². The number of rotatable bonds is 2. The Morgan fingerprint density at radius 1 is 1.29 bits per heavy atom. The molecule has 3 unspecified atom stereocenters. The van der Waals surface area contributed by atoms with Crippen molar-refractivity contribution >= 4 is 0 Å². The molecular formula is C12H24N2. The first-order valence-corrected chi connectivity index (χ1v) is 6.20. The van der Waals surface area contributed by atoms with Crippen LogP contribution in [0.3, 0.4) is 0 Å². The molecule has 82 valence electrons. The molecule has 2 saturated heterocycles. The van der Waals surface area contributed by atoms with E-state index in [1.165, 1.54) is 45.4 Å². The average molecular weight is 196 g/mol. The van der Waals surface area contributed by atoms with Gasteiger partial charge in [-0.05, 0) is 57.7 Å². The van der Waals surface area contributed by atoms with Gasteiger partial charge in [-0.25, -0.2) is 0 Å². The SMILES string of the molecule is CC1CNCC(CN2CCCC2C)C1. The summed E-state index contributed by atoms with van der Waals surface area (Å²) in [6.07, 6.45) is 4.25. The second-order valence-electron chi connectivity index (χ2n) is 5.35. The van der Waals surface area contributed by atoms with Crippen LogP contribution in [0.15, 0.2) is 0 Å². The first-order chi connectivity index (χ1) is 6.75. The summed E-state index contributed by atoms with van der Waals surface area (Å²) in [6, 6.07) is 0.840. The lowest BCUT2D eigenvalue weighted by atomic mass is 9.91. The van der Waals surface area contributed by atoms with E-state index in [9.17, 15) is 0 Å². The van der Waals surface area contributed by atoms with Gasteiger partial charge in [0.25, 0.3) is 0 Å². The summed E-state index contributed by atoms with van der Waals surface area (Å²) in [6.45, 7) is 9.89. The maximum absolute atomic E-state index is 3.55. The number of likely N-dealkylation sites (tertiary alicyclic amines) is 1. The van der Waals surface area contributed by atoms with Gasteiger partial charge in [-0.1, -0.05) is 6.92 Å². The maximum Gasteiger partial charge on any atom is 0.00675 e. The summed E-state index contributed by atoms with van der Waals surface area (Å²) in [5.41, 5.74) is 0. The maximum atomic E-state index is 3.55. The fourth-order valence-corrected chi connectivity index (χ4v) is 3.00. The summed E-state index contributed by atoms with van der Waals surface area (Å²) < 4.78 is 0. The zero-order valence-electron chi connectivity index (χ0n) is 9.63. The molecular weight excluding hydrogens is 172 g/mol. The average Bonchev–Trinajstić information content (AvgIpc) is 2.52. The normalized spacial score (nSPS) is 40.3. The predicted octanol–water partition coefficient (Wildman–Crippen LogP) is 1.72. The molecule has 0 radical (unpaired) electrons. The fraction of sp³-hybridized carbons (Fsp3) is 1.00. The van der Waals surface area contributed by atoms with E-state index in [1.807, 2.05) is 0 Å². The van der Waals surface area contributed by atoms with E-state index in [1.54, 1.807) is 0 Å². The van der Waals surface area contributed by atoms with Crippen LogP contribution in [0.4, 0.5) is 0 Å². The quantitative estimate of drug-likeness (QED) is 0.723.